The molecule has 0 N–H and O–H groups in total. The van der Waals surface area contributed by atoms with Crippen molar-refractivity contribution in [2.24, 2.45) is 0 Å². The van der Waals surface area contributed by atoms with Crippen molar-refractivity contribution >= 4 is 0 Å². The van der Waals surface area contributed by atoms with Crippen LogP contribution in [0.15, 0.2) is 206 Å². The van der Waals surface area contributed by atoms with Crippen LogP contribution >= 0.6 is 0 Å². The highest BCUT2D eigenvalue weighted by atomic mass is 15.0. The highest BCUT2D eigenvalue weighted by Crippen LogP contribution is 2.35. The van der Waals surface area contributed by atoms with Crippen molar-refractivity contribution in [3.63, 3.8) is 0 Å². The minimum Gasteiger partial charge on any atom is -0.248 e. The first kappa shape index (κ1) is 32.6. The molecular weight excluding hydrogens is 657 g/mol. The van der Waals surface area contributed by atoms with Crippen LogP contribution in [-0.4, -0.2) is 19.9 Å². The fraction of sp³-hybridized carbons (Fsp3) is 0. The Kier molecular flexibility index (Phi) is 8.90. The topological polar surface area (TPSA) is 51.6 Å². The molecule has 7 aromatic carbocycles. The Morgan fingerprint density at radius 2 is 0.463 bits per heavy atom. The molecule has 0 saturated heterocycles. The van der Waals surface area contributed by atoms with Crippen LogP contribution < -0.4 is 0 Å². The third kappa shape index (κ3) is 6.97. The lowest BCUT2D eigenvalue weighted by Gasteiger charge is -2.13. The van der Waals surface area contributed by atoms with E-state index in [1.54, 1.807) is 0 Å². The Labute approximate surface area is 315 Å². The van der Waals surface area contributed by atoms with E-state index in [0.29, 0.717) is 17.5 Å². The molecule has 0 radical (unpaired) electrons. The summed E-state index contributed by atoms with van der Waals surface area (Å²) in [7, 11) is 0. The zero-order valence-electron chi connectivity index (χ0n) is 29.4. The summed E-state index contributed by atoms with van der Waals surface area (Å²) < 4.78 is 0. The smallest absolute Gasteiger partial charge is 0.164 e. The molecule has 0 fully saturated rings. The van der Waals surface area contributed by atoms with Crippen LogP contribution in [0.5, 0.6) is 0 Å². The molecule has 0 aliphatic carbocycles. The minimum absolute atomic E-state index is 0.619. The van der Waals surface area contributed by atoms with Crippen LogP contribution in [0.4, 0.5) is 0 Å². The van der Waals surface area contributed by atoms with Crippen molar-refractivity contribution in [1.29, 1.82) is 0 Å². The Morgan fingerprint density at radius 1 is 0.185 bits per heavy atom. The Balaban J connectivity index is 1.16. The second-order valence-electron chi connectivity index (χ2n) is 13.1. The van der Waals surface area contributed by atoms with Gasteiger partial charge < -0.3 is 0 Å². The van der Waals surface area contributed by atoms with E-state index in [9.17, 15) is 0 Å². The summed E-state index contributed by atoms with van der Waals surface area (Å²) in [6, 6.07) is 71.2. The Bertz CT molecular complexity index is 2550. The third-order valence-corrected chi connectivity index (χ3v) is 9.51. The van der Waals surface area contributed by atoms with E-state index in [4.69, 9.17) is 19.9 Å². The van der Waals surface area contributed by atoms with Crippen LogP contribution in [0.25, 0.3) is 90.1 Å². The molecule has 4 heteroatoms. The van der Waals surface area contributed by atoms with Crippen LogP contribution in [-0.2, 0) is 0 Å². The van der Waals surface area contributed by atoms with E-state index in [1.807, 2.05) is 78.9 Å². The van der Waals surface area contributed by atoms with Crippen molar-refractivity contribution < 1.29 is 0 Å². The van der Waals surface area contributed by atoms with E-state index in [-0.39, 0.29) is 0 Å². The predicted octanol–water partition coefficient (Wildman–Crippen LogP) is 12.6. The number of hydrogen-bond acceptors (Lipinski definition) is 4. The molecule has 4 nitrogen and oxygen atoms in total. The zero-order chi connectivity index (χ0) is 36.1. The molecule has 9 rings (SSSR count). The SMILES string of the molecule is c1ccc(-c2cc(-c3ccc(-c4cc(-c5ccccc5)cc(-c5ccccc5)n4)cc3)cc(-c3nc(-c4ccccc4)nc(-c4ccccc4)n3)c2)cc1. The van der Waals surface area contributed by atoms with Gasteiger partial charge in [0.2, 0.25) is 0 Å². The average Bonchev–Trinajstić information content (AvgIpc) is 3.27. The second-order valence-corrected chi connectivity index (χ2v) is 13.1. The molecule has 2 heterocycles. The first-order chi connectivity index (χ1) is 26.7. The van der Waals surface area contributed by atoms with Gasteiger partial charge in [-0.3, -0.25) is 0 Å². The van der Waals surface area contributed by atoms with Gasteiger partial charge in [-0.05, 0) is 63.7 Å². The summed E-state index contributed by atoms with van der Waals surface area (Å²) in [6.07, 6.45) is 0. The zero-order valence-corrected chi connectivity index (χ0v) is 29.4. The predicted molar refractivity (Wildman–Crippen MR) is 221 cm³/mol. The lowest BCUT2D eigenvalue weighted by molar-refractivity contribution is 1.07. The fourth-order valence-electron chi connectivity index (χ4n) is 6.72. The number of aromatic nitrogens is 4. The normalized spacial score (nSPS) is 11.0. The highest BCUT2D eigenvalue weighted by molar-refractivity contribution is 5.82. The third-order valence-electron chi connectivity index (χ3n) is 9.51. The van der Waals surface area contributed by atoms with Gasteiger partial charge in [0.25, 0.3) is 0 Å². The number of nitrogens with zero attached hydrogens (tertiary/aromatic N) is 4. The van der Waals surface area contributed by atoms with Gasteiger partial charge in [-0.25, -0.2) is 19.9 Å². The maximum absolute atomic E-state index is 5.15. The molecule has 0 atom stereocenters. The van der Waals surface area contributed by atoms with Gasteiger partial charge in [0.1, 0.15) is 0 Å². The largest absolute Gasteiger partial charge is 0.248 e. The standard InChI is InChI=1S/C50H34N4/c1-6-16-35(17-7-1)42-30-43(32-45(31-42)50-53-48(40-22-12-4-13-23-40)52-49(54-50)41-24-14-5-15-25-41)37-26-28-39(29-27-37)47-34-44(36-18-8-2-9-19-36)33-46(51-47)38-20-10-3-11-21-38/h1-34H. The van der Waals surface area contributed by atoms with Crippen LogP contribution in [0.3, 0.4) is 0 Å². The lowest BCUT2D eigenvalue weighted by atomic mass is 9.94. The van der Waals surface area contributed by atoms with E-state index in [1.165, 1.54) is 0 Å². The highest BCUT2D eigenvalue weighted by Gasteiger charge is 2.15. The molecular formula is C50H34N4. The van der Waals surface area contributed by atoms with Gasteiger partial charge in [0, 0.05) is 27.8 Å². The molecule has 0 unspecified atom stereocenters. The first-order valence-electron chi connectivity index (χ1n) is 18.1. The molecule has 0 bridgehead atoms. The van der Waals surface area contributed by atoms with Crippen molar-refractivity contribution in [3.8, 4) is 90.1 Å². The Morgan fingerprint density at radius 3 is 0.889 bits per heavy atom. The quantitative estimate of drug-likeness (QED) is 0.159. The minimum atomic E-state index is 0.619. The Hall–Kier alpha value is -7.30. The average molecular weight is 691 g/mol. The van der Waals surface area contributed by atoms with E-state index in [0.717, 1.165) is 72.6 Å². The van der Waals surface area contributed by atoms with Crippen molar-refractivity contribution in [1.82, 2.24) is 19.9 Å². The number of pyridine rings is 1. The molecule has 2 aromatic heterocycles. The summed E-state index contributed by atoms with van der Waals surface area (Å²) in [5.74, 6) is 1.89. The molecule has 0 spiro atoms. The van der Waals surface area contributed by atoms with Gasteiger partial charge >= 0.3 is 0 Å². The van der Waals surface area contributed by atoms with Gasteiger partial charge in [0.05, 0.1) is 11.4 Å². The fourth-order valence-corrected chi connectivity index (χ4v) is 6.72. The van der Waals surface area contributed by atoms with Crippen molar-refractivity contribution in [2.75, 3.05) is 0 Å². The van der Waals surface area contributed by atoms with Crippen molar-refractivity contribution in [2.45, 2.75) is 0 Å². The first-order valence-corrected chi connectivity index (χ1v) is 18.1. The molecule has 54 heavy (non-hydrogen) atoms. The lowest BCUT2D eigenvalue weighted by Crippen LogP contribution is -2.00. The number of hydrogen-bond donors (Lipinski definition) is 0. The molecule has 0 aliphatic rings. The summed E-state index contributed by atoms with van der Waals surface area (Å²) in [5, 5.41) is 0. The second kappa shape index (κ2) is 14.7. The van der Waals surface area contributed by atoms with Crippen LogP contribution in [0.1, 0.15) is 0 Å². The summed E-state index contributed by atoms with van der Waals surface area (Å²) in [4.78, 5) is 20.2. The molecule has 0 saturated carbocycles. The van der Waals surface area contributed by atoms with E-state index in [2.05, 4.69) is 127 Å². The van der Waals surface area contributed by atoms with E-state index >= 15 is 0 Å². The number of benzene rings is 7. The van der Waals surface area contributed by atoms with Crippen LogP contribution in [0.2, 0.25) is 0 Å². The number of rotatable bonds is 8. The monoisotopic (exact) mass is 690 g/mol. The van der Waals surface area contributed by atoms with E-state index < -0.39 is 0 Å². The van der Waals surface area contributed by atoms with Gasteiger partial charge in [-0.1, -0.05) is 176 Å². The summed E-state index contributed by atoms with van der Waals surface area (Å²) >= 11 is 0. The maximum Gasteiger partial charge on any atom is 0.164 e. The maximum atomic E-state index is 5.15. The van der Waals surface area contributed by atoms with Gasteiger partial charge in [-0.15, -0.1) is 0 Å². The molecule has 254 valence electrons. The molecule has 0 aliphatic heterocycles. The van der Waals surface area contributed by atoms with Crippen molar-refractivity contribution in [3.05, 3.63) is 206 Å². The molecule has 0 amide bonds. The summed E-state index contributed by atoms with van der Waals surface area (Å²) in [5.41, 5.74) is 13.4. The van der Waals surface area contributed by atoms with Gasteiger partial charge in [0.15, 0.2) is 17.5 Å². The van der Waals surface area contributed by atoms with Crippen LogP contribution in [0, 0.1) is 0 Å². The van der Waals surface area contributed by atoms with Gasteiger partial charge in [-0.2, -0.15) is 0 Å². The summed E-state index contributed by atoms with van der Waals surface area (Å²) in [6.45, 7) is 0. The molecule has 9 aromatic rings.